The molecule has 0 saturated heterocycles. The Balaban J connectivity index is 1.64. The molecule has 3 rings (SSSR count). The lowest BCUT2D eigenvalue weighted by atomic mass is 9.91. The molecule has 5 nitrogen and oxygen atoms in total. The molecule has 29 heavy (non-hydrogen) atoms. The summed E-state index contributed by atoms with van der Waals surface area (Å²) in [4.78, 5) is 8.88. The highest BCUT2D eigenvalue weighted by Gasteiger charge is 2.14. The Hall–Kier alpha value is -3.08. The zero-order valence-electron chi connectivity index (χ0n) is 17.5. The lowest BCUT2D eigenvalue weighted by molar-refractivity contribution is 0.503. The number of benzene rings is 2. The van der Waals surface area contributed by atoms with Gasteiger partial charge in [0.1, 0.15) is 5.82 Å². The van der Waals surface area contributed by atoms with E-state index in [0.29, 0.717) is 12.5 Å². The highest BCUT2D eigenvalue weighted by Crippen LogP contribution is 2.23. The van der Waals surface area contributed by atoms with Crippen LogP contribution in [-0.2, 0) is 13.1 Å². The average molecular weight is 390 g/mol. The molecule has 0 bridgehead atoms. The van der Waals surface area contributed by atoms with Crippen LogP contribution in [0.1, 0.15) is 36.7 Å². The molecule has 5 heteroatoms. The van der Waals surface area contributed by atoms with Crippen LogP contribution in [0, 0.1) is 5.92 Å². The van der Waals surface area contributed by atoms with Crippen LogP contribution in [0.4, 0.5) is 0 Å². The SMILES string of the molecule is CN=C(NCc1nccn1CC(C)C)NCC(c1ccccc1)c1ccccc1. The van der Waals surface area contributed by atoms with Crippen molar-refractivity contribution in [3.63, 3.8) is 0 Å². The van der Waals surface area contributed by atoms with Crippen molar-refractivity contribution in [1.29, 1.82) is 0 Å². The molecular formula is C24H31N5. The molecule has 0 fully saturated rings. The third kappa shape index (κ3) is 5.95. The smallest absolute Gasteiger partial charge is 0.191 e. The van der Waals surface area contributed by atoms with E-state index in [2.05, 4.69) is 99.7 Å². The largest absolute Gasteiger partial charge is 0.355 e. The lowest BCUT2D eigenvalue weighted by Crippen LogP contribution is -2.39. The number of rotatable bonds is 8. The van der Waals surface area contributed by atoms with Crippen LogP contribution in [0.2, 0.25) is 0 Å². The second kappa shape index (κ2) is 10.5. The van der Waals surface area contributed by atoms with Gasteiger partial charge in [0.15, 0.2) is 5.96 Å². The second-order valence-corrected chi connectivity index (χ2v) is 7.57. The van der Waals surface area contributed by atoms with Gasteiger partial charge in [0.05, 0.1) is 6.54 Å². The number of nitrogens with zero attached hydrogens (tertiary/aromatic N) is 3. The first kappa shape index (κ1) is 20.6. The molecule has 0 aliphatic heterocycles. The fourth-order valence-electron chi connectivity index (χ4n) is 3.45. The maximum atomic E-state index is 4.48. The van der Waals surface area contributed by atoms with Gasteiger partial charge in [-0.2, -0.15) is 0 Å². The molecule has 2 aromatic carbocycles. The molecule has 0 saturated carbocycles. The third-order valence-corrected chi connectivity index (χ3v) is 4.88. The Labute approximate surface area is 173 Å². The van der Waals surface area contributed by atoms with Crippen LogP contribution in [0.25, 0.3) is 0 Å². The van der Waals surface area contributed by atoms with Crippen LogP contribution in [0.15, 0.2) is 78.0 Å². The number of hydrogen-bond acceptors (Lipinski definition) is 2. The molecule has 0 unspecified atom stereocenters. The van der Waals surface area contributed by atoms with E-state index < -0.39 is 0 Å². The van der Waals surface area contributed by atoms with Crippen molar-refractivity contribution in [2.24, 2.45) is 10.9 Å². The van der Waals surface area contributed by atoms with E-state index in [1.807, 2.05) is 12.4 Å². The van der Waals surface area contributed by atoms with Gasteiger partial charge in [-0.15, -0.1) is 0 Å². The number of hydrogen-bond donors (Lipinski definition) is 2. The van der Waals surface area contributed by atoms with Gasteiger partial charge in [0, 0.05) is 38.4 Å². The van der Waals surface area contributed by atoms with Crippen molar-refractivity contribution in [1.82, 2.24) is 20.2 Å². The predicted molar refractivity (Wildman–Crippen MR) is 120 cm³/mol. The standard InChI is InChI=1S/C24H31N5/c1-19(2)18-29-15-14-26-23(29)17-28-24(25-3)27-16-22(20-10-6-4-7-11-20)21-12-8-5-9-13-21/h4-15,19,22H,16-18H2,1-3H3,(H2,25,27,28). The van der Waals surface area contributed by atoms with Crippen molar-refractivity contribution < 1.29 is 0 Å². The maximum Gasteiger partial charge on any atom is 0.191 e. The summed E-state index contributed by atoms with van der Waals surface area (Å²) in [7, 11) is 1.80. The Kier molecular flexibility index (Phi) is 7.45. The molecule has 1 aromatic heterocycles. The van der Waals surface area contributed by atoms with Crippen LogP contribution in [0.3, 0.4) is 0 Å². The second-order valence-electron chi connectivity index (χ2n) is 7.57. The van der Waals surface area contributed by atoms with Crippen LogP contribution >= 0.6 is 0 Å². The maximum absolute atomic E-state index is 4.48. The van der Waals surface area contributed by atoms with E-state index in [1.54, 1.807) is 7.05 Å². The zero-order chi connectivity index (χ0) is 20.5. The monoisotopic (exact) mass is 389 g/mol. The normalized spacial score (nSPS) is 11.8. The van der Waals surface area contributed by atoms with Crippen LogP contribution < -0.4 is 10.6 Å². The van der Waals surface area contributed by atoms with Gasteiger partial charge in [-0.25, -0.2) is 4.98 Å². The highest BCUT2D eigenvalue weighted by molar-refractivity contribution is 5.79. The summed E-state index contributed by atoms with van der Waals surface area (Å²) in [5.74, 6) is 2.63. The highest BCUT2D eigenvalue weighted by atomic mass is 15.2. The molecule has 0 amide bonds. The summed E-state index contributed by atoms with van der Waals surface area (Å²) in [6.45, 7) is 6.79. The number of imidazole rings is 1. The van der Waals surface area contributed by atoms with E-state index in [4.69, 9.17) is 0 Å². The van der Waals surface area contributed by atoms with Crippen LogP contribution in [-0.4, -0.2) is 29.1 Å². The van der Waals surface area contributed by atoms with Gasteiger partial charge in [0.25, 0.3) is 0 Å². The number of guanidine groups is 1. The van der Waals surface area contributed by atoms with Gasteiger partial charge in [-0.1, -0.05) is 74.5 Å². The molecule has 2 N–H and O–H groups in total. The van der Waals surface area contributed by atoms with Crippen molar-refractivity contribution in [2.75, 3.05) is 13.6 Å². The van der Waals surface area contributed by atoms with Crippen molar-refractivity contribution in [3.05, 3.63) is 90.0 Å². The average Bonchev–Trinajstić information content (AvgIpc) is 3.18. The molecule has 0 atom stereocenters. The van der Waals surface area contributed by atoms with E-state index >= 15 is 0 Å². The van der Waals surface area contributed by atoms with Crippen LogP contribution in [0.5, 0.6) is 0 Å². The van der Waals surface area contributed by atoms with Crippen molar-refractivity contribution in [3.8, 4) is 0 Å². The summed E-state index contributed by atoms with van der Waals surface area (Å²) < 4.78 is 2.20. The van der Waals surface area contributed by atoms with Gasteiger partial charge < -0.3 is 15.2 Å². The topological polar surface area (TPSA) is 54.2 Å². The van der Waals surface area contributed by atoms with E-state index in [1.165, 1.54) is 11.1 Å². The Morgan fingerprint density at radius 1 is 0.966 bits per heavy atom. The van der Waals surface area contributed by atoms with Gasteiger partial charge in [0.2, 0.25) is 0 Å². The Morgan fingerprint density at radius 3 is 2.14 bits per heavy atom. The summed E-state index contributed by atoms with van der Waals surface area (Å²) >= 11 is 0. The molecule has 0 aliphatic rings. The molecule has 0 radical (unpaired) electrons. The summed E-state index contributed by atoms with van der Waals surface area (Å²) in [6.07, 6.45) is 3.89. The van der Waals surface area contributed by atoms with Gasteiger partial charge in [-0.05, 0) is 17.0 Å². The quantitative estimate of drug-likeness (QED) is 0.452. The first-order valence-electron chi connectivity index (χ1n) is 10.2. The van der Waals surface area contributed by atoms with Gasteiger partial charge in [-0.3, -0.25) is 4.99 Å². The van der Waals surface area contributed by atoms with Gasteiger partial charge >= 0.3 is 0 Å². The van der Waals surface area contributed by atoms with Crippen molar-refractivity contribution >= 4 is 5.96 Å². The molecule has 3 aromatic rings. The Bertz CT molecular complexity index is 844. The third-order valence-electron chi connectivity index (χ3n) is 4.88. The molecule has 0 aliphatic carbocycles. The fraction of sp³-hybridized carbons (Fsp3) is 0.333. The lowest BCUT2D eigenvalue weighted by Gasteiger charge is -2.21. The first-order valence-corrected chi connectivity index (χ1v) is 10.2. The number of nitrogens with one attached hydrogen (secondary N) is 2. The zero-order valence-corrected chi connectivity index (χ0v) is 17.5. The summed E-state index contributed by atoms with van der Waals surface area (Å²) in [5, 5.41) is 6.89. The van der Waals surface area contributed by atoms with E-state index in [0.717, 1.165) is 24.9 Å². The summed E-state index contributed by atoms with van der Waals surface area (Å²) in [6, 6.07) is 21.2. The molecular weight excluding hydrogens is 358 g/mol. The predicted octanol–water partition coefficient (Wildman–Crippen LogP) is 4.04. The minimum atomic E-state index is 0.249. The molecule has 0 spiro atoms. The Morgan fingerprint density at radius 2 is 1.59 bits per heavy atom. The fourth-order valence-corrected chi connectivity index (χ4v) is 3.45. The van der Waals surface area contributed by atoms with Crippen molar-refractivity contribution in [2.45, 2.75) is 32.9 Å². The summed E-state index contributed by atoms with van der Waals surface area (Å²) in [5.41, 5.74) is 2.57. The minimum Gasteiger partial charge on any atom is -0.355 e. The minimum absolute atomic E-state index is 0.249. The molecule has 152 valence electrons. The first-order chi connectivity index (χ1) is 14.2. The number of aliphatic imine (C=N–C) groups is 1. The van der Waals surface area contributed by atoms with E-state index in [9.17, 15) is 0 Å². The number of aromatic nitrogens is 2. The van der Waals surface area contributed by atoms with E-state index in [-0.39, 0.29) is 5.92 Å². The molecule has 1 heterocycles.